The van der Waals surface area contributed by atoms with E-state index in [1.54, 1.807) is 0 Å². The minimum Gasteiger partial charge on any atom is -0.327 e. The Morgan fingerprint density at radius 3 is 2.71 bits per heavy atom. The molecule has 3 rings (SSSR count). The molecule has 0 spiro atoms. The van der Waals surface area contributed by atoms with Crippen LogP contribution < -0.4 is 5.73 Å². The van der Waals surface area contributed by atoms with Gasteiger partial charge in [0.15, 0.2) is 0 Å². The summed E-state index contributed by atoms with van der Waals surface area (Å²) in [6.07, 6.45) is 40.5. The lowest BCUT2D eigenvalue weighted by molar-refractivity contribution is 0.249. The van der Waals surface area contributed by atoms with E-state index in [-0.39, 0.29) is 0 Å². The third-order valence-corrected chi connectivity index (χ3v) is 7.50. The van der Waals surface area contributed by atoms with Gasteiger partial charge in [-0.25, -0.2) is 0 Å². The molecule has 0 amide bonds. The van der Waals surface area contributed by atoms with Crippen LogP contribution in [-0.4, -0.2) is 6.54 Å². The van der Waals surface area contributed by atoms with Crippen molar-refractivity contribution in [1.29, 1.82) is 0 Å². The van der Waals surface area contributed by atoms with Gasteiger partial charge in [-0.05, 0) is 68.8 Å². The molecule has 0 aromatic heterocycles. The standard InChI is InChI=1S/C33H43N/c1-4-6-8-14-28-19-21-29(22-20-28)31-24-23-30(32-15-10-11-16-33(31)32)26(3)17-18-27(5-2)13-9-7-12-25-34/h4-9,11-13,16,19,21-24,28,30-33H,1,3,10,14-15,17-18,20,25,34H2,2H3/b8-6-,12-7-,13-9+,27-5-/t28-,30?,31?,32?,33?/m1/s1. The summed E-state index contributed by atoms with van der Waals surface area (Å²) < 4.78 is 0. The van der Waals surface area contributed by atoms with Crippen LogP contribution >= 0.6 is 0 Å². The molecule has 1 heteroatoms. The van der Waals surface area contributed by atoms with Gasteiger partial charge in [0.2, 0.25) is 0 Å². The van der Waals surface area contributed by atoms with Crippen molar-refractivity contribution in [2.24, 2.45) is 35.3 Å². The van der Waals surface area contributed by atoms with Gasteiger partial charge in [-0.15, -0.1) is 0 Å². The van der Waals surface area contributed by atoms with E-state index in [2.05, 4.69) is 93.0 Å². The topological polar surface area (TPSA) is 26.0 Å². The Balaban J connectivity index is 1.64. The van der Waals surface area contributed by atoms with Crippen LogP contribution in [0.2, 0.25) is 0 Å². The molecule has 3 aliphatic rings. The largest absolute Gasteiger partial charge is 0.327 e. The van der Waals surface area contributed by atoms with Crippen molar-refractivity contribution in [3.63, 3.8) is 0 Å². The Labute approximate surface area is 208 Å². The molecular weight excluding hydrogens is 410 g/mol. The Bertz CT molecular complexity index is 930. The van der Waals surface area contributed by atoms with Crippen LogP contribution in [0.4, 0.5) is 0 Å². The molecule has 0 fully saturated rings. The highest BCUT2D eigenvalue weighted by Gasteiger charge is 2.37. The molecule has 1 nitrogen and oxygen atoms in total. The number of rotatable bonds is 11. The van der Waals surface area contributed by atoms with Crippen molar-refractivity contribution in [1.82, 2.24) is 0 Å². The van der Waals surface area contributed by atoms with Crippen LogP contribution in [0.25, 0.3) is 0 Å². The lowest BCUT2D eigenvalue weighted by atomic mass is 9.62. The molecule has 0 radical (unpaired) electrons. The maximum absolute atomic E-state index is 5.53. The second-order valence-electron chi connectivity index (χ2n) is 9.69. The van der Waals surface area contributed by atoms with Gasteiger partial charge in [-0.1, -0.05) is 115 Å². The summed E-state index contributed by atoms with van der Waals surface area (Å²) >= 11 is 0. The van der Waals surface area contributed by atoms with Crippen molar-refractivity contribution in [2.45, 2.75) is 45.4 Å². The average Bonchev–Trinajstić information content (AvgIpc) is 2.88. The second-order valence-corrected chi connectivity index (χ2v) is 9.69. The van der Waals surface area contributed by atoms with Gasteiger partial charge < -0.3 is 5.73 Å². The summed E-state index contributed by atoms with van der Waals surface area (Å²) in [5.41, 5.74) is 9.76. The van der Waals surface area contributed by atoms with Crippen LogP contribution in [0.15, 0.2) is 121 Å². The van der Waals surface area contributed by atoms with E-state index in [4.69, 9.17) is 5.73 Å². The van der Waals surface area contributed by atoms with Gasteiger partial charge >= 0.3 is 0 Å². The number of fused-ring (bicyclic) bond motifs is 1. The van der Waals surface area contributed by atoms with Crippen LogP contribution in [0.1, 0.15) is 45.4 Å². The summed E-state index contributed by atoms with van der Waals surface area (Å²) in [5, 5.41) is 0. The summed E-state index contributed by atoms with van der Waals surface area (Å²) in [6, 6.07) is 0. The molecule has 3 aliphatic carbocycles. The molecule has 0 aromatic rings. The normalized spacial score (nSPS) is 29.2. The van der Waals surface area contributed by atoms with Gasteiger partial charge in [-0.2, -0.15) is 0 Å². The molecule has 4 unspecified atom stereocenters. The molecule has 180 valence electrons. The molecule has 0 saturated heterocycles. The van der Waals surface area contributed by atoms with E-state index in [1.165, 1.54) is 29.6 Å². The molecule has 0 aliphatic heterocycles. The fourth-order valence-corrected chi connectivity index (χ4v) is 5.55. The first-order valence-electron chi connectivity index (χ1n) is 13.0. The molecule has 0 aromatic carbocycles. The first-order chi connectivity index (χ1) is 16.7. The average molecular weight is 454 g/mol. The highest BCUT2D eigenvalue weighted by Crippen LogP contribution is 2.47. The zero-order chi connectivity index (χ0) is 24.2. The number of hydrogen-bond acceptors (Lipinski definition) is 1. The number of nitrogens with two attached hydrogens (primary N) is 1. The lowest BCUT2D eigenvalue weighted by Crippen LogP contribution is -2.33. The first kappa shape index (κ1) is 26.0. The van der Waals surface area contributed by atoms with Crippen LogP contribution in [0.5, 0.6) is 0 Å². The maximum Gasteiger partial charge on any atom is 0.0109 e. The second kappa shape index (κ2) is 13.9. The third-order valence-electron chi connectivity index (χ3n) is 7.50. The van der Waals surface area contributed by atoms with Gasteiger partial charge in [0.25, 0.3) is 0 Å². The van der Waals surface area contributed by atoms with Crippen molar-refractivity contribution in [3.8, 4) is 0 Å². The smallest absolute Gasteiger partial charge is 0.0109 e. The zero-order valence-corrected chi connectivity index (χ0v) is 21.0. The minimum atomic E-state index is 0.482. The van der Waals surface area contributed by atoms with Crippen LogP contribution in [0.3, 0.4) is 0 Å². The fraction of sp³-hybridized carbons (Fsp3) is 0.394. The first-order valence-corrected chi connectivity index (χ1v) is 13.0. The van der Waals surface area contributed by atoms with Gasteiger partial charge in [0.1, 0.15) is 0 Å². The lowest BCUT2D eigenvalue weighted by Gasteiger charge is -2.42. The monoisotopic (exact) mass is 453 g/mol. The van der Waals surface area contributed by atoms with Gasteiger partial charge in [0, 0.05) is 18.4 Å². The zero-order valence-electron chi connectivity index (χ0n) is 21.0. The molecule has 0 saturated carbocycles. The van der Waals surface area contributed by atoms with E-state index in [9.17, 15) is 0 Å². The Kier molecular flexibility index (Phi) is 10.6. The predicted octanol–water partition coefficient (Wildman–Crippen LogP) is 8.36. The highest BCUT2D eigenvalue weighted by molar-refractivity contribution is 5.35. The fourth-order valence-electron chi connectivity index (χ4n) is 5.55. The van der Waals surface area contributed by atoms with Gasteiger partial charge in [0.05, 0.1) is 0 Å². The quantitative estimate of drug-likeness (QED) is 0.247. The molecule has 0 heterocycles. The van der Waals surface area contributed by atoms with Crippen LogP contribution in [-0.2, 0) is 0 Å². The molecule has 0 bridgehead atoms. The summed E-state index contributed by atoms with van der Waals surface area (Å²) in [6.45, 7) is 11.0. The summed E-state index contributed by atoms with van der Waals surface area (Å²) in [4.78, 5) is 0. The molecule has 34 heavy (non-hydrogen) atoms. The van der Waals surface area contributed by atoms with E-state index >= 15 is 0 Å². The maximum atomic E-state index is 5.53. The molecule has 2 N–H and O–H groups in total. The Hall–Kier alpha value is -2.64. The van der Waals surface area contributed by atoms with Gasteiger partial charge in [-0.3, -0.25) is 0 Å². The van der Waals surface area contributed by atoms with E-state index in [0.717, 1.165) is 25.7 Å². The number of allylic oxidation sites excluding steroid dienone is 17. The van der Waals surface area contributed by atoms with E-state index in [0.29, 0.717) is 36.1 Å². The Morgan fingerprint density at radius 1 is 1.09 bits per heavy atom. The van der Waals surface area contributed by atoms with Crippen LogP contribution in [0, 0.1) is 29.6 Å². The minimum absolute atomic E-state index is 0.482. The Morgan fingerprint density at radius 2 is 1.97 bits per heavy atom. The highest BCUT2D eigenvalue weighted by atomic mass is 14.5. The summed E-state index contributed by atoms with van der Waals surface area (Å²) in [5.74, 6) is 2.83. The van der Waals surface area contributed by atoms with E-state index in [1.807, 2.05) is 18.2 Å². The SMILES string of the molecule is C=C/C=C\C[C@@H]1C=CC(C2C=CC(C(=C)CCC(/C=C/C=C\CN)=C\C)C3CCC=CC23)=CC1. The third kappa shape index (κ3) is 7.18. The van der Waals surface area contributed by atoms with Crippen molar-refractivity contribution in [2.75, 3.05) is 6.54 Å². The number of hydrogen-bond donors (Lipinski definition) is 1. The molecule has 5 atom stereocenters. The summed E-state index contributed by atoms with van der Waals surface area (Å²) in [7, 11) is 0. The van der Waals surface area contributed by atoms with Crippen molar-refractivity contribution >= 4 is 0 Å². The van der Waals surface area contributed by atoms with Crippen molar-refractivity contribution < 1.29 is 0 Å². The molecular formula is C33H43N. The van der Waals surface area contributed by atoms with Crippen molar-refractivity contribution in [3.05, 3.63) is 121 Å². The predicted molar refractivity (Wildman–Crippen MR) is 150 cm³/mol. The van der Waals surface area contributed by atoms with E-state index < -0.39 is 0 Å².